The first kappa shape index (κ1) is 9.87. The highest BCUT2D eigenvalue weighted by Crippen LogP contribution is 2.45. The summed E-state index contributed by atoms with van der Waals surface area (Å²) >= 11 is 0. The van der Waals surface area contributed by atoms with Crippen LogP contribution in [0.5, 0.6) is 5.88 Å². The third kappa shape index (κ3) is 2.10. The minimum absolute atomic E-state index is 0.590. The van der Waals surface area contributed by atoms with Gasteiger partial charge in [0.05, 0.1) is 7.11 Å². The molecule has 1 aromatic heterocycles. The van der Waals surface area contributed by atoms with Crippen molar-refractivity contribution in [1.29, 1.82) is 0 Å². The molecule has 2 saturated carbocycles. The fraction of sp³-hybridized carbons (Fsp3) is 0.667. The Balaban J connectivity index is 1.70. The van der Waals surface area contributed by atoms with Crippen molar-refractivity contribution < 1.29 is 4.74 Å². The molecule has 0 spiro atoms. The van der Waals surface area contributed by atoms with Crippen LogP contribution < -0.4 is 10.1 Å². The number of nitrogens with one attached hydrogen (secondary N) is 1. The van der Waals surface area contributed by atoms with Crippen molar-refractivity contribution in [3.63, 3.8) is 0 Å². The first-order valence-electron chi connectivity index (χ1n) is 6.00. The van der Waals surface area contributed by atoms with Gasteiger partial charge in [-0.3, -0.25) is 0 Å². The van der Waals surface area contributed by atoms with E-state index in [9.17, 15) is 0 Å². The van der Waals surface area contributed by atoms with Gasteiger partial charge in [-0.1, -0.05) is 0 Å². The standard InChI is InChI=1S/C12H17N3O/c1-16-10-6-7-13-12(14-10)15-11(8-2-3-8)9-4-5-9/h6-9,11H,2-5H2,1H3,(H,13,14,15). The average molecular weight is 219 g/mol. The van der Waals surface area contributed by atoms with Crippen LogP contribution >= 0.6 is 0 Å². The molecular formula is C12H17N3O. The van der Waals surface area contributed by atoms with Gasteiger partial charge in [0.25, 0.3) is 0 Å². The van der Waals surface area contributed by atoms with E-state index in [4.69, 9.17) is 4.74 Å². The molecule has 3 rings (SSSR count). The second-order valence-corrected chi connectivity index (χ2v) is 4.77. The molecule has 4 nitrogen and oxygen atoms in total. The number of methoxy groups -OCH3 is 1. The van der Waals surface area contributed by atoms with Crippen LogP contribution in [0.1, 0.15) is 25.7 Å². The number of hydrogen-bond acceptors (Lipinski definition) is 4. The van der Waals surface area contributed by atoms with E-state index >= 15 is 0 Å². The zero-order valence-corrected chi connectivity index (χ0v) is 9.52. The van der Waals surface area contributed by atoms with Crippen LogP contribution in [0, 0.1) is 11.8 Å². The van der Waals surface area contributed by atoms with Crippen LogP contribution in [0.4, 0.5) is 5.95 Å². The third-order valence-electron chi connectivity index (χ3n) is 3.39. The Morgan fingerprint density at radius 3 is 2.56 bits per heavy atom. The van der Waals surface area contributed by atoms with Gasteiger partial charge in [0.2, 0.25) is 11.8 Å². The van der Waals surface area contributed by atoms with E-state index in [2.05, 4.69) is 15.3 Å². The highest BCUT2D eigenvalue weighted by molar-refractivity contribution is 5.30. The Hall–Kier alpha value is -1.32. The van der Waals surface area contributed by atoms with E-state index < -0.39 is 0 Å². The van der Waals surface area contributed by atoms with Gasteiger partial charge in [-0.2, -0.15) is 4.98 Å². The monoisotopic (exact) mass is 219 g/mol. The Kier molecular flexibility index (Phi) is 2.42. The maximum absolute atomic E-state index is 5.10. The van der Waals surface area contributed by atoms with Crippen molar-refractivity contribution in [3.8, 4) is 5.88 Å². The largest absolute Gasteiger partial charge is 0.481 e. The zero-order valence-electron chi connectivity index (χ0n) is 9.52. The average Bonchev–Trinajstić information content (AvgIpc) is 3.18. The number of hydrogen-bond donors (Lipinski definition) is 1. The second kappa shape index (κ2) is 3.92. The molecule has 1 heterocycles. The summed E-state index contributed by atoms with van der Waals surface area (Å²) < 4.78 is 5.10. The Labute approximate surface area is 95.4 Å². The molecule has 2 aliphatic rings. The minimum atomic E-state index is 0.590. The van der Waals surface area contributed by atoms with Crippen molar-refractivity contribution >= 4 is 5.95 Å². The summed E-state index contributed by atoms with van der Waals surface area (Å²) in [7, 11) is 1.63. The van der Waals surface area contributed by atoms with Gasteiger partial charge >= 0.3 is 0 Å². The van der Waals surface area contributed by atoms with Gasteiger partial charge in [-0.05, 0) is 37.5 Å². The SMILES string of the molecule is COc1ccnc(NC(C2CC2)C2CC2)n1. The summed E-state index contributed by atoms with van der Waals surface area (Å²) in [6, 6.07) is 2.36. The number of nitrogens with zero attached hydrogens (tertiary/aromatic N) is 2. The van der Waals surface area contributed by atoms with Crippen LogP contribution in [0.2, 0.25) is 0 Å². The Morgan fingerprint density at radius 2 is 2.00 bits per heavy atom. The number of ether oxygens (including phenoxy) is 1. The van der Waals surface area contributed by atoms with Gasteiger partial charge in [0.1, 0.15) is 0 Å². The summed E-state index contributed by atoms with van der Waals surface area (Å²) in [6.07, 6.45) is 7.18. The molecule has 4 heteroatoms. The molecule has 1 aromatic rings. The second-order valence-electron chi connectivity index (χ2n) is 4.77. The van der Waals surface area contributed by atoms with Crippen molar-refractivity contribution in [2.45, 2.75) is 31.7 Å². The van der Waals surface area contributed by atoms with E-state index in [-0.39, 0.29) is 0 Å². The molecule has 2 aliphatic carbocycles. The molecule has 2 fully saturated rings. The van der Waals surface area contributed by atoms with Gasteiger partial charge in [0, 0.05) is 18.3 Å². The fourth-order valence-electron chi connectivity index (χ4n) is 2.21. The molecule has 86 valence electrons. The molecule has 1 N–H and O–H groups in total. The molecule has 0 amide bonds. The molecule has 0 aromatic carbocycles. The quantitative estimate of drug-likeness (QED) is 0.823. The van der Waals surface area contributed by atoms with Crippen LogP contribution in [-0.2, 0) is 0 Å². The Morgan fingerprint density at radius 1 is 1.31 bits per heavy atom. The van der Waals surface area contributed by atoms with E-state index in [1.807, 2.05) is 0 Å². The predicted octanol–water partition coefficient (Wildman–Crippen LogP) is 2.09. The molecule has 0 unspecified atom stereocenters. The lowest BCUT2D eigenvalue weighted by molar-refractivity contribution is 0.397. The predicted molar refractivity (Wildman–Crippen MR) is 61.4 cm³/mol. The lowest BCUT2D eigenvalue weighted by Gasteiger charge is -2.17. The topological polar surface area (TPSA) is 47.0 Å². The van der Waals surface area contributed by atoms with Crippen molar-refractivity contribution in [3.05, 3.63) is 12.3 Å². The van der Waals surface area contributed by atoms with Crippen LogP contribution in [0.25, 0.3) is 0 Å². The van der Waals surface area contributed by atoms with E-state index in [0.29, 0.717) is 17.9 Å². The summed E-state index contributed by atoms with van der Waals surface area (Å²) in [5.74, 6) is 3.04. The molecular weight excluding hydrogens is 202 g/mol. The molecule has 0 saturated heterocycles. The number of rotatable bonds is 5. The molecule has 0 radical (unpaired) electrons. The molecule has 0 aliphatic heterocycles. The maximum Gasteiger partial charge on any atom is 0.226 e. The summed E-state index contributed by atoms with van der Waals surface area (Å²) in [4.78, 5) is 8.55. The molecule has 16 heavy (non-hydrogen) atoms. The zero-order chi connectivity index (χ0) is 11.0. The van der Waals surface area contributed by atoms with Crippen LogP contribution in [0.15, 0.2) is 12.3 Å². The van der Waals surface area contributed by atoms with E-state index in [1.54, 1.807) is 19.4 Å². The number of anilines is 1. The number of aromatic nitrogens is 2. The maximum atomic E-state index is 5.10. The summed E-state index contributed by atoms with van der Waals surface area (Å²) in [6.45, 7) is 0. The van der Waals surface area contributed by atoms with Crippen LogP contribution in [-0.4, -0.2) is 23.1 Å². The first-order chi connectivity index (χ1) is 7.86. The molecule has 0 atom stereocenters. The minimum Gasteiger partial charge on any atom is -0.481 e. The highest BCUT2D eigenvalue weighted by Gasteiger charge is 2.41. The van der Waals surface area contributed by atoms with E-state index in [0.717, 1.165) is 11.8 Å². The van der Waals surface area contributed by atoms with Gasteiger partial charge in [0.15, 0.2) is 0 Å². The smallest absolute Gasteiger partial charge is 0.226 e. The van der Waals surface area contributed by atoms with Gasteiger partial charge < -0.3 is 10.1 Å². The molecule has 0 bridgehead atoms. The third-order valence-corrected chi connectivity index (χ3v) is 3.39. The fourth-order valence-corrected chi connectivity index (χ4v) is 2.21. The summed E-state index contributed by atoms with van der Waals surface area (Å²) in [5.41, 5.74) is 0. The van der Waals surface area contributed by atoms with Gasteiger partial charge in [-0.15, -0.1) is 0 Å². The van der Waals surface area contributed by atoms with Crippen molar-refractivity contribution in [1.82, 2.24) is 9.97 Å². The van der Waals surface area contributed by atoms with Crippen molar-refractivity contribution in [2.75, 3.05) is 12.4 Å². The lowest BCUT2D eigenvalue weighted by Crippen LogP contribution is -2.25. The van der Waals surface area contributed by atoms with Crippen LogP contribution in [0.3, 0.4) is 0 Å². The van der Waals surface area contributed by atoms with E-state index in [1.165, 1.54) is 25.7 Å². The Bertz CT molecular complexity index is 362. The first-order valence-corrected chi connectivity index (χ1v) is 6.00. The summed E-state index contributed by atoms with van der Waals surface area (Å²) in [5, 5.41) is 3.48. The lowest BCUT2D eigenvalue weighted by atomic mass is 10.1. The normalized spacial score (nSPS) is 19.9. The van der Waals surface area contributed by atoms with Gasteiger partial charge in [-0.25, -0.2) is 4.98 Å². The van der Waals surface area contributed by atoms with Crippen molar-refractivity contribution in [2.24, 2.45) is 11.8 Å². The highest BCUT2D eigenvalue weighted by atomic mass is 16.5.